The van der Waals surface area contributed by atoms with E-state index in [1.807, 2.05) is 17.5 Å². The first-order chi connectivity index (χ1) is 21.1. The lowest BCUT2D eigenvalue weighted by Crippen LogP contribution is -2.49. The van der Waals surface area contributed by atoms with Crippen LogP contribution in [0.25, 0.3) is 6.08 Å². The minimum Gasteiger partial charge on any atom is -0.353 e. The van der Waals surface area contributed by atoms with Gasteiger partial charge in [0.15, 0.2) is 0 Å². The van der Waals surface area contributed by atoms with Gasteiger partial charge < -0.3 is 10.7 Å². The fourth-order valence-corrected chi connectivity index (χ4v) is 7.94. The molecule has 5 nitrogen and oxygen atoms in total. The largest absolute Gasteiger partial charge is 0.353 e. The molecular formula is C37H46N4OS. The third-order valence-electron chi connectivity index (χ3n) is 9.67. The molecule has 1 saturated heterocycles. The maximum Gasteiger partial charge on any atom is 0.225 e. The van der Waals surface area contributed by atoms with Gasteiger partial charge in [-0.3, -0.25) is 9.69 Å². The van der Waals surface area contributed by atoms with E-state index in [1.165, 1.54) is 55.5 Å². The molecule has 1 aliphatic carbocycles. The van der Waals surface area contributed by atoms with Crippen LogP contribution in [-0.4, -0.2) is 41.7 Å². The Bertz CT molecular complexity index is 1380. The average molecular weight is 595 g/mol. The maximum atomic E-state index is 12.7. The van der Waals surface area contributed by atoms with Crippen LogP contribution in [0.3, 0.4) is 0 Å². The highest BCUT2D eigenvalue weighted by Gasteiger charge is 2.40. The number of nitrogens with zero attached hydrogens (tertiary/aromatic N) is 2. The monoisotopic (exact) mass is 594 g/mol. The van der Waals surface area contributed by atoms with Crippen molar-refractivity contribution in [3.8, 4) is 0 Å². The van der Waals surface area contributed by atoms with Gasteiger partial charge in [0, 0.05) is 23.4 Å². The van der Waals surface area contributed by atoms with E-state index in [1.54, 1.807) is 11.3 Å². The lowest BCUT2D eigenvalue weighted by atomic mass is 9.74. The predicted molar refractivity (Wildman–Crippen MR) is 179 cm³/mol. The average Bonchev–Trinajstić information content (AvgIpc) is 3.65. The van der Waals surface area contributed by atoms with Gasteiger partial charge in [0.25, 0.3) is 0 Å². The molecule has 0 spiro atoms. The van der Waals surface area contributed by atoms with Gasteiger partial charge in [0.05, 0.1) is 18.2 Å². The zero-order valence-electron chi connectivity index (χ0n) is 25.5. The summed E-state index contributed by atoms with van der Waals surface area (Å²) in [4.78, 5) is 16.5. The van der Waals surface area contributed by atoms with Crippen molar-refractivity contribution >= 4 is 29.0 Å². The highest BCUT2D eigenvalue weighted by atomic mass is 32.1. The van der Waals surface area contributed by atoms with Crippen LogP contribution in [0.2, 0.25) is 0 Å². The van der Waals surface area contributed by atoms with Gasteiger partial charge in [-0.25, -0.2) is 0 Å². The fourth-order valence-electron chi connectivity index (χ4n) is 7.23. The predicted octanol–water partition coefficient (Wildman–Crippen LogP) is 7.10. The summed E-state index contributed by atoms with van der Waals surface area (Å²) < 4.78 is 0. The van der Waals surface area contributed by atoms with Gasteiger partial charge in [-0.15, -0.1) is 11.3 Å². The van der Waals surface area contributed by atoms with Crippen molar-refractivity contribution in [3.63, 3.8) is 0 Å². The van der Waals surface area contributed by atoms with Crippen LogP contribution in [0.15, 0.2) is 83.3 Å². The van der Waals surface area contributed by atoms with Crippen LogP contribution in [-0.2, 0) is 24.2 Å². The first kappa shape index (κ1) is 29.8. The number of thiophene rings is 1. The summed E-state index contributed by atoms with van der Waals surface area (Å²) >= 11 is 1.65. The lowest BCUT2D eigenvalue weighted by Gasteiger charge is -2.37. The molecule has 6 rings (SSSR count). The zero-order valence-corrected chi connectivity index (χ0v) is 26.3. The minimum atomic E-state index is 0.128. The van der Waals surface area contributed by atoms with Gasteiger partial charge >= 0.3 is 0 Å². The molecule has 1 saturated carbocycles. The molecule has 2 N–H and O–H groups in total. The second-order valence-corrected chi connectivity index (χ2v) is 14.0. The van der Waals surface area contributed by atoms with E-state index in [-0.39, 0.29) is 11.9 Å². The second kappa shape index (κ2) is 14.5. The molecule has 0 radical (unpaired) electrons. The molecule has 1 aromatic heterocycles. The molecule has 3 aliphatic rings. The van der Waals surface area contributed by atoms with Crippen LogP contribution in [0.5, 0.6) is 0 Å². The van der Waals surface area contributed by atoms with E-state index in [9.17, 15) is 4.79 Å². The van der Waals surface area contributed by atoms with Crippen molar-refractivity contribution in [1.82, 2.24) is 15.6 Å². The SMILES string of the molecule is CC1CC2NN=C(/C=C/c3cccc(C[C@@H]4CCCCN(Cc5ccccc5)CC4)c3)C2CC1NC(=O)Cc1cccs1. The Hall–Kier alpha value is -3.22. The molecule has 226 valence electrons. The smallest absolute Gasteiger partial charge is 0.225 e. The first-order valence-corrected chi connectivity index (χ1v) is 17.1. The number of carbonyl (C=O) groups excluding carboxylic acids is 1. The summed E-state index contributed by atoms with van der Waals surface area (Å²) in [5, 5.41) is 10.1. The lowest BCUT2D eigenvalue weighted by molar-refractivity contribution is -0.121. The Kier molecular flexibility index (Phi) is 10.1. The minimum absolute atomic E-state index is 0.128. The van der Waals surface area contributed by atoms with E-state index in [2.05, 4.69) is 89.3 Å². The maximum absolute atomic E-state index is 12.7. The molecule has 3 aromatic rings. The normalized spacial score (nSPS) is 26.3. The molecule has 0 bridgehead atoms. The number of fused-ring (bicyclic) bond motifs is 1. The zero-order chi connectivity index (χ0) is 29.4. The summed E-state index contributed by atoms with van der Waals surface area (Å²) in [7, 11) is 0. The Balaban J connectivity index is 1.03. The van der Waals surface area contributed by atoms with Crippen molar-refractivity contribution in [2.24, 2.45) is 22.9 Å². The number of amides is 1. The topological polar surface area (TPSA) is 56.7 Å². The molecule has 2 aliphatic heterocycles. The van der Waals surface area contributed by atoms with E-state index < -0.39 is 0 Å². The molecule has 4 unspecified atom stereocenters. The van der Waals surface area contributed by atoms with Gasteiger partial charge in [0.2, 0.25) is 5.91 Å². The van der Waals surface area contributed by atoms with Gasteiger partial charge in [0.1, 0.15) is 0 Å². The summed E-state index contributed by atoms with van der Waals surface area (Å²) in [5.41, 5.74) is 8.61. The quantitative estimate of drug-likeness (QED) is 0.278. The van der Waals surface area contributed by atoms with Gasteiger partial charge in [-0.05, 0) is 91.2 Å². The van der Waals surface area contributed by atoms with E-state index >= 15 is 0 Å². The number of likely N-dealkylation sites (tertiary alicyclic amines) is 1. The molecule has 2 aromatic carbocycles. The number of hydrogen-bond donors (Lipinski definition) is 2. The summed E-state index contributed by atoms with van der Waals surface area (Å²) in [6.07, 6.45) is 13.2. The number of allylic oxidation sites excluding steroid dienone is 1. The summed E-state index contributed by atoms with van der Waals surface area (Å²) in [5.74, 6) is 1.62. The molecule has 6 heteroatoms. The summed E-state index contributed by atoms with van der Waals surface area (Å²) in [6.45, 7) is 5.71. The Labute approximate surface area is 261 Å². The van der Waals surface area contributed by atoms with Crippen LogP contribution >= 0.6 is 11.3 Å². The Morgan fingerprint density at radius 1 is 1.00 bits per heavy atom. The number of hydrogen-bond acceptors (Lipinski definition) is 5. The van der Waals surface area contributed by atoms with Crippen molar-refractivity contribution in [1.29, 1.82) is 0 Å². The Morgan fingerprint density at radius 3 is 2.74 bits per heavy atom. The number of rotatable bonds is 9. The molecule has 3 heterocycles. The molecule has 1 amide bonds. The highest BCUT2D eigenvalue weighted by Crippen LogP contribution is 2.34. The van der Waals surface area contributed by atoms with Crippen molar-refractivity contribution < 1.29 is 4.79 Å². The van der Waals surface area contributed by atoms with E-state index in [0.717, 1.165) is 42.3 Å². The van der Waals surface area contributed by atoms with E-state index in [0.29, 0.717) is 24.3 Å². The fraction of sp³-hybridized carbons (Fsp3) is 0.459. The van der Waals surface area contributed by atoms with Crippen LogP contribution in [0, 0.1) is 17.8 Å². The molecular weight excluding hydrogens is 549 g/mol. The van der Waals surface area contributed by atoms with Crippen molar-refractivity contribution in [2.45, 2.75) is 76.9 Å². The van der Waals surface area contributed by atoms with Crippen molar-refractivity contribution in [3.05, 3.63) is 99.8 Å². The van der Waals surface area contributed by atoms with Crippen LogP contribution in [0.4, 0.5) is 0 Å². The van der Waals surface area contributed by atoms with Crippen LogP contribution in [0.1, 0.15) is 67.0 Å². The summed E-state index contributed by atoms with van der Waals surface area (Å²) in [6, 6.07) is 24.6. The number of benzene rings is 2. The van der Waals surface area contributed by atoms with Gasteiger partial charge in [-0.1, -0.05) is 86.5 Å². The molecule has 43 heavy (non-hydrogen) atoms. The van der Waals surface area contributed by atoms with Crippen molar-refractivity contribution in [2.75, 3.05) is 13.1 Å². The van der Waals surface area contributed by atoms with Crippen LogP contribution < -0.4 is 10.7 Å². The molecule has 5 atom stereocenters. The number of carbonyl (C=O) groups is 1. The standard InChI is InChI=1S/C37H46N4OS/c1-27-21-36-33(25-35(27)38-37(42)24-32-14-8-20-43-32)34(39-40-36)16-15-28-12-7-13-31(22-28)23-29-9-5-6-18-41(19-17-29)26-30-10-3-2-4-11-30/h2-4,7-8,10-16,20,22,27,29,33,35-36,40H,5-6,9,17-19,21,23-26H2,1H3,(H,38,42)/b16-15+/t27?,29-,33?,35?,36?/m1/s1. The second-order valence-electron chi connectivity index (χ2n) is 13.0. The third-order valence-corrected chi connectivity index (χ3v) is 10.5. The van der Waals surface area contributed by atoms with Gasteiger partial charge in [-0.2, -0.15) is 5.10 Å². The number of nitrogens with one attached hydrogen (secondary N) is 2. The number of hydrazone groups is 1. The third kappa shape index (κ3) is 8.24. The first-order valence-electron chi connectivity index (χ1n) is 16.3. The highest BCUT2D eigenvalue weighted by molar-refractivity contribution is 7.10. The Morgan fingerprint density at radius 2 is 1.88 bits per heavy atom. The molecule has 2 fully saturated rings. The van der Waals surface area contributed by atoms with E-state index in [4.69, 9.17) is 5.10 Å².